The lowest BCUT2D eigenvalue weighted by Crippen LogP contribution is -2.21. The lowest BCUT2D eigenvalue weighted by atomic mass is 9.77. The number of amides is 2. The van der Waals surface area contributed by atoms with Crippen LogP contribution < -0.4 is 10.6 Å². The molecule has 4 aromatic rings. The fraction of sp³-hybridized carbons (Fsp3) is 0.103. The van der Waals surface area contributed by atoms with E-state index in [9.17, 15) is 39.3 Å². The van der Waals surface area contributed by atoms with Crippen LogP contribution in [0, 0.1) is 26.0 Å². The van der Waals surface area contributed by atoms with Crippen molar-refractivity contribution >= 4 is 34.6 Å². The maximum Gasteiger partial charge on any atom is 0.270 e. The van der Waals surface area contributed by atoms with Gasteiger partial charge in [0.25, 0.3) is 23.2 Å². The van der Waals surface area contributed by atoms with Crippen LogP contribution in [-0.2, 0) is 5.41 Å². The molecule has 4 rings (SSSR count). The Balaban J connectivity index is 1.61. The number of nitro benzene ring substituents is 2. The van der Waals surface area contributed by atoms with Crippen LogP contribution in [0.15, 0.2) is 84.9 Å². The Labute approximate surface area is 232 Å². The van der Waals surface area contributed by atoms with Gasteiger partial charge in [0.1, 0.15) is 11.6 Å². The highest BCUT2D eigenvalue weighted by atomic mass is 19.1. The molecule has 12 heteroatoms. The third-order valence-electron chi connectivity index (χ3n) is 6.54. The van der Waals surface area contributed by atoms with Crippen LogP contribution in [0.25, 0.3) is 0 Å². The second kappa shape index (κ2) is 11.2. The van der Waals surface area contributed by atoms with Gasteiger partial charge in [-0.05, 0) is 47.5 Å². The summed E-state index contributed by atoms with van der Waals surface area (Å²) in [6.45, 7) is 3.62. The second-order valence-corrected chi connectivity index (χ2v) is 9.57. The topological polar surface area (TPSA) is 165 Å². The van der Waals surface area contributed by atoms with Gasteiger partial charge < -0.3 is 15.7 Å². The first-order valence-corrected chi connectivity index (χ1v) is 12.1. The normalized spacial score (nSPS) is 11.0. The summed E-state index contributed by atoms with van der Waals surface area (Å²) in [5.74, 6) is -2.38. The predicted octanol–water partition coefficient (Wildman–Crippen LogP) is 6.18. The van der Waals surface area contributed by atoms with Gasteiger partial charge in [0.15, 0.2) is 0 Å². The largest absolute Gasteiger partial charge is 0.506 e. The molecule has 0 unspecified atom stereocenters. The van der Waals surface area contributed by atoms with Crippen molar-refractivity contribution in [2.24, 2.45) is 0 Å². The van der Waals surface area contributed by atoms with Crippen molar-refractivity contribution < 1.29 is 28.9 Å². The summed E-state index contributed by atoms with van der Waals surface area (Å²) in [5.41, 5.74) is -0.315. The molecular formula is C29H23FN4O7. The molecule has 0 aliphatic rings. The number of hydrogen-bond donors (Lipinski definition) is 3. The zero-order valence-electron chi connectivity index (χ0n) is 21.8. The quantitative estimate of drug-likeness (QED) is 0.132. The minimum Gasteiger partial charge on any atom is -0.506 e. The monoisotopic (exact) mass is 558 g/mol. The van der Waals surface area contributed by atoms with Gasteiger partial charge >= 0.3 is 0 Å². The molecule has 0 saturated carbocycles. The summed E-state index contributed by atoms with van der Waals surface area (Å²) in [6, 6.07) is 18.8. The first kappa shape index (κ1) is 28.4. The molecule has 0 radical (unpaired) electrons. The highest BCUT2D eigenvalue weighted by Gasteiger charge is 2.26. The molecule has 11 nitrogen and oxygen atoms in total. The maximum atomic E-state index is 14.7. The third-order valence-corrected chi connectivity index (χ3v) is 6.54. The van der Waals surface area contributed by atoms with E-state index < -0.39 is 32.9 Å². The van der Waals surface area contributed by atoms with Crippen LogP contribution in [0.3, 0.4) is 0 Å². The van der Waals surface area contributed by atoms with Crippen molar-refractivity contribution in [1.82, 2.24) is 0 Å². The van der Waals surface area contributed by atoms with Gasteiger partial charge in [-0.25, -0.2) is 4.39 Å². The van der Waals surface area contributed by atoms with Gasteiger partial charge in [0, 0.05) is 40.8 Å². The fourth-order valence-electron chi connectivity index (χ4n) is 4.11. The van der Waals surface area contributed by atoms with Crippen molar-refractivity contribution in [2.75, 3.05) is 10.6 Å². The van der Waals surface area contributed by atoms with E-state index in [1.807, 2.05) is 13.8 Å². The number of nitrogens with zero attached hydrogens (tertiary/aromatic N) is 2. The Morgan fingerprint density at radius 3 is 1.71 bits per heavy atom. The molecule has 41 heavy (non-hydrogen) atoms. The Hall–Kier alpha value is -5.65. The highest BCUT2D eigenvalue weighted by molar-refractivity contribution is 6.06. The summed E-state index contributed by atoms with van der Waals surface area (Å²) in [7, 11) is 0. The SMILES string of the molecule is CC(C)(c1ccc(O)c(NC(=O)c2cccc([N+](=O)[O-])c2)c1)c1ccc(F)c(NC(=O)c2cccc([N+](=O)[O-])c2)c1. The molecule has 0 spiro atoms. The van der Waals surface area contributed by atoms with E-state index in [0.29, 0.717) is 11.1 Å². The molecule has 0 aliphatic heterocycles. The number of benzene rings is 4. The zero-order chi connectivity index (χ0) is 29.9. The number of rotatable bonds is 8. The van der Waals surface area contributed by atoms with E-state index in [2.05, 4.69) is 10.6 Å². The van der Waals surface area contributed by atoms with Gasteiger partial charge in [0.2, 0.25) is 0 Å². The standard InChI is InChI=1S/C29H23FN4O7/c1-29(2,19-9-11-23(30)24(15-19)31-27(36)17-5-3-7-21(13-17)33(38)39)20-10-12-26(35)25(16-20)32-28(37)18-6-4-8-22(14-18)34(40)41/h3-16,35H,1-2H3,(H,31,36)(H,32,37). The molecule has 208 valence electrons. The number of anilines is 2. The summed E-state index contributed by atoms with van der Waals surface area (Å²) in [4.78, 5) is 46.3. The van der Waals surface area contributed by atoms with Gasteiger partial charge in [0.05, 0.1) is 21.2 Å². The average molecular weight is 559 g/mol. The number of non-ortho nitro benzene ring substituents is 2. The number of carbonyl (C=O) groups is 2. The Morgan fingerprint density at radius 2 is 1.20 bits per heavy atom. The summed E-state index contributed by atoms with van der Waals surface area (Å²) >= 11 is 0. The Kier molecular flexibility index (Phi) is 7.76. The van der Waals surface area contributed by atoms with Crippen LogP contribution in [0.5, 0.6) is 5.75 Å². The Morgan fingerprint density at radius 1 is 0.732 bits per heavy atom. The van der Waals surface area contributed by atoms with E-state index in [-0.39, 0.29) is 39.6 Å². The minimum atomic E-state index is -0.836. The predicted molar refractivity (Wildman–Crippen MR) is 149 cm³/mol. The second-order valence-electron chi connectivity index (χ2n) is 9.57. The molecule has 0 heterocycles. The van der Waals surface area contributed by atoms with Gasteiger partial charge in [-0.1, -0.05) is 38.1 Å². The zero-order valence-corrected chi connectivity index (χ0v) is 21.8. The molecule has 0 bridgehead atoms. The number of hydrogen-bond acceptors (Lipinski definition) is 7. The van der Waals surface area contributed by atoms with Crippen LogP contribution in [0.1, 0.15) is 45.7 Å². The smallest absolute Gasteiger partial charge is 0.270 e. The number of carbonyl (C=O) groups excluding carboxylic acids is 2. The number of phenols is 1. The average Bonchev–Trinajstić information content (AvgIpc) is 2.95. The molecular weight excluding hydrogens is 535 g/mol. The van der Waals surface area contributed by atoms with Crippen molar-refractivity contribution in [3.05, 3.63) is 133 Å². The molecule has 4 aromatic carbocycles. The number of nitro groups is 2. The minimum absolute atomic E-state index is 0.0194. The fourth-order valence-corrected chi connectivity index (χ4v) is 4.11. The molecule has 0 aliphatic carbocycles. The highest BCUT2D eigenvalue weighted by Crippen LogP contribution is 2.37. The summed E-state index contributed by atoms with van der Waals surface area (Å²) < 4.78 is 14.7. The van der Waals surface area contributed by atoms with E-state index in [1.165, 1.54) is 66.7 Å². The number of nitrogens with one attached hydrogen (secondary N) is 2. The van der Waals surface area contributed by atoms with Crippen LogP contribution in [-0.4, -0.2) is 26.8 Å². The first-order chi connectivity index (χ1) is 19.4. The molecule has 0 atom stereocenters. The molecule has 0 fully saturated rings. The van der Waals surface area contributed by atoms with Gasteiger partial charge in [-0.15, -0.1) is 0 Å². The van der Waals surface area contributed by atoms with Crippen molar-refractivity contribution in [1.29, 1.82) is 0 Å². The molecule has 3 N–H and O–H groups in total. The van der Waals surface area contributed by atoms with E-state index in [0.717, 1.165) is 12.1 Å². The summed E-state index contributed by atoms with van der Waals surface area (Å²) in [6.07, 6.45) is 0. The first-order valence-electron chi connectivity index (χ1n) is 12.1. The Bertz CT molecular complexity index is 1580. The lowest BCUT2D eigenvalue weighted by molar-refractivity contribution is -0.385. The lowest BCUT2D eigenvalue weighted by Gasteiger charge is -2.27. The maximum absolute atomic E-state index is 14.7. The van der Waals surface area contributed by atoms with E-state index in [1.54, 1.807) is 6.07 Å². The molecule has 0 aromatic heterocycles. The summed E-state index contributed by atoms with van der Waals surface area (Å²) in [5, 5.41) is 37.5. The van der Waals surface area contributed by atoms with Crippen molar-refractivity contribution in [2.45, 2.75) is 19.3 Å². The van der Waals surface area contributed by atoms with Gasteiger partial charge in [-0.2, -0.15) is 0 Å². The number of phenolic OH excluding ortho intramolecular Hbond substituents is 1. The molecule has 2 amide bonds. The van der Waals surface area contributed by atoms with Crippen molar-refractivity contribution in [3.8, 4) is 5.75 Å². The van der Waals surface area contributed by atoms with E-state index in [4.69, 9.17) is 0 Å². The van der Waals surface area contributed by atoms with Crippen LogP contribution in [0.2, 0.25) is 0 Å². The van der Waals surface area contributed by atoms with E-state index >= 15 is 0 Å². The number of halogens is 1. The van der Waals surface area contributed by atoms with Crippen LogP contribution >= 0.6 is 0 Å². The van der Waals surface area contributed by atoms with Crippen LogP contribution in [0.4, 0.5) is 27.1 Å². The molecule has 0 saturated heterocycles. The third kappa shape index (κ3) is 6.17. The van der Waals surface area contributed by atoms with Gasteiger partial charge in [-0.3, -0.25) is 29.8 Å². The number of aromatic hydroxyl groups is 1. The van der Waals surface area contributed by atoms with Crippen molar-refractivity contribution in [3.63, 3.8) is 0 Å².